The van der Waals surface area contributed by atoms with Gasteiger partial charge in [0.2, 0.25) is 5.76 Å². The van der Waals surface area contributed by atoms with Gasteiger partial charge in [-0.15, -0.1) is 0 Å². The van der Waals surface area contributed by atoms with Crippen molar-refractivity contribution in [1.29, 1.82) is 0 Å². The van der Waals surface area contributed by atoms with Gasteiger partial charge in [0.25, 0.3) is 5.91 Å². The normalized spacial score (nSPS) is 14.6. The summed E-state index contributed by atoms with van der Waals surface area (Å²) < 4.78 is 17.7. The number of hydrogen-bond acceptors (Lipinski definition) is 5. The van der Waals surface area contributed by atoms with Gasteiger partial charge in [-0.2, -0.15) is 0 Å². The molecular formula is C30H26ClNO5. The van der Waals surface area contributed by atoms with Crippen molar-refractivity contribution in [2.75, 3.05) is 18.1 Å². The summed E-state index contributed by atoms with van der Waals surface area (Å²) in [5, 5.41) is 0.732. The Kier molecular flexibility index (Phi) is 6.52. The predicted molar refractivity (Wildman–Crippen MR) is 145 cm³/mol. The average Bonchev–Trinajstić information content (AvgIpc) is 3.18. The lowest BCUT2D eigenvalue weighted by atomic mass is 9.97. The maximum absolute atomic E-state index is 13.9. The highest BCUT2D eigenvalue weighted by atomic mass is 35.5. The van der Waals surface area contributed by atoms with E-state index in [1.807, 2.05) is 51.1 Å². The maximum atomic E-state index is 13.9. The van der Waals surface area contributed by atoms with E-state index in [9.17, 15) is 9.59 Å². The number of amides is 1. The molecule has 6 nitrogen and oxygen atoms in total. The van der Waals surface area contributed by atoms with Crippen LogP contribution in [0.1, 0.15) is 45.8 Å². The third-order valence-electron chi connectivity index (χ3n) is 6.54. The number of halogens is 1. The summed E-state index contributed by atoms with van der Waals surface area (Å²) in [4.78, 5) is 29.3. The van der Waals surface area contributed by atoms with Gasteiger partial charge in [-0.3, -0.25) is 14.5 Å². The van der Waals surface area contributed by atoms with Crippen LogP contribution >= 0.6 is 11.6 Å². The first-order chi connectivity index (χ1) is 17.8. The number of anilines is 1. The van der Waals surface area contributed by atoms with Crippen LogP contribution in [0.25, 0.3) is 11.0 Å². The molecule has 1 aliphatic rings. The Labute approximate surface area is 219 Å². The lowest BCUT2D eigenvalue weighted by Crippen LogP contribution is -2.29. The Morgan fingerprint density at radius 3 is 2.54 bits per heavy atom. The molecule has 37 heavy (non-hydrogen) atoms. The molecule has 1 atom stereocenters. The average molecular weight is 516 g/mol. The van der Waals surface area contributed by atoms with E-state index in [4.69, 9.17) is 25.5 Å². The van der Waals surface area contributed by atoms with Crippen LogP contribution in [0.2, 0.25) is 5.02 Å². The standard InChI is InChI=1S/C30H26ClNO5/c1-5-13-36-24-11-8-19(15-25(24)35-6-2)27-26-28(33)22-16-20(31)9-12-23(22)37-29(26)30(34)32(27)21-10-7-17(3)18(4)14-21/h5,7-12,14-16,27H,1,6,13H2,2-4H3. The first kappa shape index (κ1) is 24.7. The number of aryl methyl sites for hydroxylation is 2. The van der Waals surface area contributed by atoms with Gasteiger partial charge in [0.05, 0.1) is 23.6 Å². The Hall–Kier alpha value is -4.03. The zero-order valence-corrected chi connectivity index (χ0v) is 21.6. The zero-order valence-electron chi connectivity index (χ0n) is 20.8. The number of nitrogens with zero attached hydrogens (tertiary/aromatic N) is 1. The van der Waals surface area contributed by atoms with Gasteiger partial charge in [-0.25, -0.2) is 0 Å². The molecule has 4 aromatic rings. The van der Waals surface area contributed by atoms with E-state index in [-0.39, 0.29) is 22.7 Å². The molecule has 3 aromatic carbocycles. The van der Waals surface area contributed by atoms with E-state index in [1.165, 1.54) is 0 Å². The van der Waals surface area contributed by atoms with Gasteiger partial charge in [0.15, 0.2) is 16.9 Å². The van der Waals surface area contributed by atoms with E-state index >= 15 is 0 Å². The predicted octanol–water partition coefficient (Wildman–Crippen LogP) is 6.78. The van der Waals surface area contributed by atoms with E-state index in [0.29, 0.717) is 52.0 Å². The Balaban J connectivity index is 1.77. The topological polar surface area (TPSA) is 69.0 Å². The lowest BCUT2D eigenvalue weighted by Gasteiger charge is -2.26. The molecule has 1 amide bonds. The summed E-state index contributed by atoms with van der Waals surface area (Å²) in [7, 11) is 0. The summed E-state index contributed by atoms with van der Waals surface area (Å²) in [5.74, 6) is 0.691. The first-order valence-electron chi connectivity index (χ1n) is 12.0. The molecule has 1 aromatic heterocycles. The van der Waals surface area contributed by atoms with E-state index in [1.54, 1.807) is 35.2 Å². The molecule has 7 heteroatoms. The minimum absolute atomic E-state index is 0.0213. The number of benzene rings is 3. The van der Waals surface area contributed by atoms with Gasteiger partial charge in [-0.1, -0.05) is 36.4 Å². The summed E-state index contributed by atoms with van der Waals surface area (Å²) in [6.45, 7) is 10.3. The fraction of sp³-hybridized carbons (Fsp3) is 0.200. The molecule has 0 fully saturated rings. The minimum atomic E-state index is -0.739. The SMILES string of the molecule is C=CCOc1ccc(C2c3c(oc4ccc(Cl)cc4c3=O)C(=O)N2c2ccc(C)c(C)c2)cc1OCC. The fourth-order valence-corrected chi connectivity index (χ4v) is 4.81. The van der Waals surface area contributed by atoms with E-state index in [2.05, 4.69) is 6.58 Å². The van der Waals surface area contributed by atoms with Crippen molar-refractivity contribution in [3.63, 3.8) is 0 Å². The van der Waals surface area contributed by atoms with Crippen LogP contribution in [0, 0.1) is 13.8 Å². The number of carbonyl (C=O) groups excluding carboxylic acids is 1. The second kappa shape index (κ2) is 9.79. The van der Waals surface area contributed by atoms with Crippen molar-refractivity contribution >= 4 is 34.2 Å². The van der Waals surface area contributed by atoms with Crippen LogP contribution in [-0.2, 0) is 0 Å². The van der Waals surface area contributed by atoms with Crippen LogP contribution in [0.4, 0.5) is 5.69 Å². The summed E-state index contributed by atoms with van der Waals surface area (Å²) in [6, 6.07) is 15.3. The van der Waals surface area contributed by atoms with Gasteiger partial charge < -0.3 is 13.9 Å². The molecule has 2 heterocycles. The van der Waals surface area contributed by atoms with Crippen LogP contribution in [-0.4, -0.2) is 19.1 Å². The highest BCUT2D eigenvalue weighted by Crippen LogP contribution is 2.43. The summed E-state index contributed by atoms with van der Waals surface area (Å²) >= 11 is 6.20. The second-order valence-electron chi connectivity index (χ2n) is 8.90. The van der Waals surface area contributed by atoms with Gasteiger partial charge >= 0.3 is 0 Å². The maximum Gasteiger partial charge on any atom is 0.295 e. The van der Waals surface area contributed by atoms with Crippen molar-refractivity contribution in [3.8, 4) is 11.5 Å². The first-order valence-corrected chi connectivity index (χ1v) is 12.4. The zero-order chi connectivity index (χ0) is 26.3. The highest BCUT2D eigenvalue weighted by molar-refractivity contribution is 6.31. The molecule has 5 rings (SSSR count). The third kappa shape index (κ3) is 4.27. The molecule has 188 valence electrons. The smallest absolute Gasteiger partial charge is 0.295 e. The van der Waals surface area contributed by atoms with Crippen LogP contribution in [0.3, 0.4) is 0 Å². The van der Waals surface area contributed by atoms with Crippen molar-refractivity contribution in [2.24, 2.45) is 0 Å². The van der Waals surface area contributed by atoms with Crippen LogP contribution in [0.15, 0.2) is 76.5 Å². The number of carbonyl (C=O) groups is 1. The second-order valence-corrected chi connectivity index (χ2v) is 9.34. The van der Waals surface area contributed by atoms with Crippen molar-refractivity contribution in [1.82, 2.24) is 0 Å². The highest BCUT2D eigenvalue weighted by Gasteiger charge is 2.44. The monoisotopic (exact) mass is 515 g/mol. The molecule has 1 aliphatic heterocycles. The molecule has 0 saturated carbocycles. The number of rotatable bonds is 7. The summed E-state index contributed by atoms with van der Waals surface area (Å²) in [6.07, 6.45) is 1.65. The minimum Gasteiger partial charge on any atom is -0.490 e. The molecule has 0 N–H and O–H groups in total. The quantitative estimate of drug-likeness (QED) is 0.254. The van der Waals surface area contributed by atoms with E-state index < -0.39 is 6.04 Å². The van der Waals surface area contributed by atoms with Crippen LogP contribution in [0.5, 0.6) is 11.5 Å². The molecule has 0 saturated heterocycles. The van der Waals surface area contributed by atoms with Crippen molar-refractivity contribution < 1.29 is 18.7 Å². The molecule has 0 spiro atoms. The van der Waals surface area contributed by atoms with Gasteiger partial charge in [-0.05, 0) is 79.9 Å². The number of ether oxygens (including phenoxy) is 2. The summed E-state index contributed by atoms with van der Waals surface area (Å²) in [5.41, 5.74) is 3.75. The fourth-order valence-electron chi connectivity index (χ4n) is 4.63. The van der Waals surface area contributed by atoms with E-state index in [0.717, 1.165) is 11.1 Å². The Morgan fingerprint density at radius 1 is 1.00 bits per heavy atom. The van der Waals surface area contributed by atoms with Crippen molar-refractivity contribution in [3.05, 3.63) is 111 Å². The Morgan fingerprint density at radius 2 is 1.81 bits per heavy atom. The van der Waals surface area contributed by atoms with Gasteiger partial charge in [0.1, 0.15) is 12.2 Å². The lowest BCUT2D eigenvalue weighted by molar-refractivity contribution is 0.0971. The van der Waals surface area contributed by atoms with Gasteiger partial charge in [0, 0.05) is 10.7 Å². The van der Waals surface area contributed by atoms with Crippen molar-refractivity contribution in [2.45, 2.75) is 26.8 Å². The molecule has 1 unspecified atom stereocenters. The van der Waals surface area contributed by atoms with Crippen LogP contribution < -0.4 is 19.8 Å². The number of hydrogen-bond donors (Lipinski definition) is 0. The molecule has 0 aliphatic carbocycles. The number of fused-ring (bicyclic) bond motifs is 2. The molecular weight excluding hydrogens is 490 g/mol. The molecule has 0 bridgehead atoms. The largest absolute Gasteiger partial charge is 0.490 e. The third-order valence-corrected chi connectivity index (χ3v) is 6.78. The Bertz CT molecular complexity index is 1610. The molecule has 0 radical (unpaired) electrons.